The van der Waals surface area contributed by atoms with Crippen LogP contribution in [-0.4, -0.2) is 26.2 Å². The summed E-state index contributed by atoms with van der Waals surface area (Å²) in [6.07, 6.45) is 1.99. The second-order valence-electron chi connectivity index (χ2n) is 6.69. The first-order valence-corrected chi connectivity index (χ1v) is 8.42. The number of ether oxygens (including phenoxy) is 2. The second kappa shape index (κ2) is 7.05. The third-order valence-corrected chi connectivity index (χ3v) is 4.83. The second-order valence-corrected chi connectivity index (χ2v) is 6.69. The third-order valence-electron chi connectivity index (χ3n) is 4.83. The van der Waals surface area contributed by atoms with Crippen molar-refractivity contribution in [3.63, 3.8) is 0 Å². The minimum Gasteiger partial charge on any atom is -0.497 e. The standard InChI is InChI=1S/C20H25N3O2/c1-20(14-7-5-4-6-8-14)12-15(13-20)22-19(21)23-17-11-16(24-2)9-10-18(17)25-3/h4-11,15H,12-13H2,1-3H3,(H3,21,22,23). The molecule has 0 heterocycles. The van der Waals surface area contributed by atoms with Crippen molar-refractivity contribution in [1.82, 2.24) is 0 Å². The van der Waals surface area contributed by atoms with Gasteiger partial charge in [-0.2, -0.15) is 0 Å². The summed E-state index contributed by atoms with van der Waals surface area (Å²) in [5.41, 5.74) is 8.39. The quantitative estimate of drug-likeness (QED) is 0.646. The van der Waals surface area contributed by atoms with Crippen LogP contribution in [0.5, 0.6) is 11.5 Å². The van der Waals surface area contributed by atoms with E-state index in [4.69, 9.17) is 15.2 Å². The maximum atomic E-state index is 6.10. The molecule has 0 atom stereocenters. The molecule has 132 valence electrons. The van der Waals surface area contributed by atoms with Crippen LogP contribution in [0.15, 0.2) is 53.5 Å². The van der Waals surface area contributed by atoms with Crippen LogP contribution in [-0.2, 0) is 5.41 Å². The van der Waals surface area contributed by atoms with E-state index < -0.39 is 0 Å². The van der Waals surface area contributed by atoms with Gasteiger partial charge in [-0.25, -0.2) is 4.99 Å². The summed E-state index contributed by atoms with van der Waals surface area (Å²) in [5, 5.41) is 3.13. The van der Waals surface area contributed by atoms with Crippen molar-refractivity contribution in [1.29, 1.82) is 0 Å². The number of guanidine groups is 1. The van der Waals surface area contributed by atoms with Gasteiger partial charge in [-0.15, -0.1) is 0 Å². The Hall–Kier alpha value is -2.69. The van der Waals surface area contributed by atoms with Crippen LogP contribution in [0.4, 0.5) is 5.69 Å². The van der Waals surface area contributed by atoms with Gasteiger partial charge in [-0.3, -0.25) is 0 Å². The zero-order chi connectivity index (χ0) is 17.9. The molecule has 5 heteroatoms. The van der Waals surface area contributed by atoms with Crippen LogP contribution in [0, 0.1) is 0 Å². The summed E-state index contributed by atoms with van der Waals surface area (Å²) < 4.78 is 10.6. The Kier molecular flexibility index (Phi) is 4.83. The molecule has 0 aromatic heterocycles. The summed E-state index contributed by atoms with van der Waals surface area (Å²) in [6.45, 7) is 2.28. The lowest BCUT2D eigenvalue weighted by molar-refractivity contribution is 0.229. The molecule has 25 heavy (non-hydrogen) atoms. The fourth-order valence-corrected chi connectivity index (χ4v) is 3.43. The van der Waals surface area contributed by atoms with E-state index in [1.807, 2.05) is 24.3 Å². The van der Waals surface area contributed by atoms with Gasteiger partial charge in [0.2, 0.25) is 0 Å². The number of nitrogens with zero attached hydrogens (tertiary/aromatic N) is 1. The monoisotopic (exact) mass is 339 g/mol. The number of hydrogen-bond acceptors (Lipinski definition) is 3. The highest BCUT2D eigenvalue weighted by atomic mass is 16.5. The molecule has 0 aliphatic heterocycles. The number of aliphatic imine (C=N–C) groups is 1. The first kappa shape index (κ1) is 17.1. The molecular formula is C20H25N3O2. The average Bonchev–Trinajstić information content (AvgIpc) is 2.60. The van der Waals surface area contributed by atoms with Gasteiger partial charge in [0.05, 0.1) is 25.9 Å². The highest BCUT2D eigenvalue weighted by molar-refractivity contribution is 5.94. The lowest BCUT2D eigenvalue weighted by atomic mass is 9.63. The number of nitrogens with one attached hydrogen (secondary N) is 1. The van der Waals surface area contributed by atoms with Gasteiger partial charge in [0.25, 0.3) is 0 Å². The van der Waals surface area contributed by atoms with E-state index in [0.717, 1.165) is 24.3 Å². The molecule has 1 fully saturated rings. The molecule has 0 bridgehead atoms. The number of methoxy groups -OCH3 is 2. The number of rotatable bonds is 5. The van der Waals surface area contributed by atoms with Crippen molar-refractivity contribution >= 4 is 11.6 Å². The molecule has 0 unspecified atom stereocenters. The van der Waals surface area contributed by atoms with Crippen molar-refractivity contribution < 1.29 is 9.47 Å². The van der Waals surface area contributed by atoms with E-state index >= 15 is 0 Å². The number of hydrogen-bond donors (Lipinski definition) is 2. The SMILES string of the molecule is COc1ccc(OC)c(NC(N)=NC2CC(C)(c3ccccc3)C2)c1. The Morgan fingerprint density at radius 1 is 1.12 bits per heavy atom. The average molecular weight is 339 g/mol. The minimum absolute atomic E-state index is 0.184. The Labute approximate surface area is 148 Å². The molecule has 3 rings (SSSR count). The molecule has 5 nitrogen and oxygen atoms in total. The van der Waals surface area contributed by atoms with Gasteiger partial charge in [0.15, 0.2) is 5.96 Å². The molecular weight excluding hydrogens is 314 g/mol. The third kappa shape index (κ3) is 3.71. The summed E-state index contributed by atoms with van der Waals surface area (Å²) in [5.74, 6) is 1.82. The molecule has 0 radical (unpaired) electrons. The molecule has 2 aromatic rings. The van der Waals surface area contributed by atoms with Crippen LogP contribution >= 0.6 is 0 Å². The Morgan fingerprint density at radius 3 is 2.48 bits per heavy atom. The zero-order valence-corrected chi connectivity index (χ0v) is 15.0. The summed E-state index contributed by atoms with van der Waals surface area (Å²) in [7, 11) is 3.25. The highest BCUT2D eigenvalue weighted by Crippen LogP contribution is 2.45. The van der Waals surface area contributed by atoms with E-state index in [9.17, 15) is 0 Å². The van der Waals surface area contributed by atoms with Crippen molar-refractivity contribution in [3.8, 4) is 11.5 Å². The molecule has 0 spiro atoms. The predicted octanol–water partition coefficient (Wildman–Crippen LogP) is 3.55. The Morgan fingerprint density at radius 2 is 1.84 bits per heavy atom. The molecule has 1 aliphatic rings. The first-order valence-electron chi connectivity index (χ1n) is 8.42. The first-order chi connectivity index (χ1) is 12.0. The smallest absolute Gasteiger partial charge is 0.193 e. The van der Waals surface area contributed by atoms with Crippen LogP contribution in [0.1, 0.15) is 25.3 Å². The summed E-state index contributed by atoms with van der Waals surface area (Å²) >= 11 is 0. The molecule has 3 N–H and O–H groups in total. The Bertz CT molecular complexity index is 753. The van der Waals surface area contributed by atoms with Crippen LogP contribution in [0.25, 0.3) is 0 Å². The lowest BCUT2D eigenvalue weighted by Crippen LogP contribution is -2.42. The minimum atomic E-state index is 0.184. The van der Waals surface area contributed by atoms with Gasteiger partial charge < -0.3 is 20.5 Å². The van der Waals surface area contributed by atoms with Crippen molar-refractivity contribution in [2.45, 2.75) is 31.2 Å². The number of nitrogens with two attached hydrogens (primary N) is 1. The molecule has 1 aliphatic carbocycles. The van der Waals surface area contributed by atoms with Gasteiger partial charge >= 0.3 is 0 Å². The van der Waals surface area contributed by atoms with Gasteiger partial charge in [-0.05, 0) is 36.0 Å². The molecule has 2 aromatic carbocycles. The normalized spacial score (nSPS) is 22.8. The van der Waals surface area contributed by atoms with E-state index in [-0.39, 0.29) is 11.5 Å². The van der Waals surface area contributed by atoms with Gasteiger partial charge in [0, 0.05) is 6.07 Å². The number of anilines is 1. The van der Waals surface area contributed by atoms with Crippen LogP contribution in [0.3, 0.4) is 0 Å². The Balaban J connectivity index is 1.66. The largest absolute Gasteiger partial charge is 0.497 e. The van der Waals surface area contributed by atoms with Crippen molar-refractivity contribution in [3.05, 3.63) is 54.1 Å². The maximum Gasteiger partial charge on any atom is 0.193 e. The lowest BCUT2D eigenvalue weighted by Gasteiger charge is -2.44. The summed E-state index contributed by atoms with van der Waals surface area (Å²) in [4.78, 5) is 4.62. The van der Waals surface area contributed by atoms with Gasteiger partial charge in [-0.1, -0.05) is 37.3 Å². The molecule has 0 saturated heterocycles. The predicted molar refractivity (Wildman–Crippen MR) is 102 cm³/mol. The molecule has 0 amide bonds. The van der Waals surface area contributed by atoms with Gasteiger partial charge in [0.1, 0.15) is 11.5 Å². The fraction of sp³-hybridized carbons (Fsp3) is 0.350. The topological polar surface area (TPSA) is 68.9 Å². The molecule has 1 saturated carbocycles. The number of benzene rings is 2. The van der Waals surface area contributed by atoms with Crippen molar-refractivity contribution in [2.24, 2.45) is 10.7 Å². The van der Waals surface area contributed by atoms with E-state index in [1.54, 1.807) is 14.2 Å². The van der Waals surface area contributed by atoms with Crippen LogP contribution < -0.4 is 20.5 Å². The summed E-state index contributed by atoms with van der Waals surface area (Å²) in [6, 6.07) is 16.3. The van der Waals surface area contributed by atoms with E-state index in [0.29, 0.717) is 11.7 Å². The van der Waals surface area contributed by atoms with E-state index in [2.05, 4.69) is 41.5 Å². The highest BCUT2D eigenvalue weighted by Gasteiger charge is 2.41. The van der Waals surface area contributed by atoms with Crippen molar-refractivity contribution in [2.75, 3.05) is 19.5 Å². The fourth-order valence-electron chi connectivity index (χ4n) is 3.43. The maximum absolute atomic E-state index is 6.10. The zero-order valence-electron chi connectivity index (χ0n) is 15.0. The van der Waals surface area contributed by atoms with E-state index in [1.165, 1.54) is 5.56 Å². The van der Waals surface area contributed by atoms with Crippen LogP contribution in [0.2, 0.25) is 0 Å².